The molecule has 0 saturated heterocycles. The number of anilines is 1. The summed E-state index contributed by atoms with van der Waals surface area (Å²) >= 11 is 1.46. The summed E-state index contributed by atoms with van der Waals surface area (Å²) in [6.45, 7) is 1.54. The molecule has 3 rings (SSSR count). The Labute approximate surface area is 198 Å². The third-order valence-corrected chi connectivity index (χ3v) is 6.15. The molecule has 6 nitrogen and oxygen atoms in total. The summed E-state index contributed by atoms with van der Waals surface area (Å²) < 4.78 is 15.8. The minimum absolute atomic E-state index is 0.0201. The number of esters is 1. The lowest BCUT2D eigenvalue weighted by molar-refractivity contribution is -0.150. The Morgan fingerprint density at radius 2 is 1.36 bits per heavy atom. The number of ether oxygens (including phenoxy) is 3. The first kappa shape index (κ1) is 24.2. The van der Waals surface area contributed by atoms with Crippen molar-refractivity contribution in [1.82, 2.24) is 0 Å². The zero-order valence-electron chi connectivity index (χ0n) is 18.8. The van der Waals surface area contributed by atoms with Crippen LogP contribution in [0.2, 0.25) is 0 Å². The maximum Gasteiger partial charge on any atom is 0.316 e. The summed E-state index contributed by atoms with van der Waals surface area (Å²) in [5, 5.41) is 2.71. The molecule has 1 N–H and O–H groups in total. The van der Waals surface area contributed by atoms with Gasteiger partial charge in [0.1, 0.15) is 11.5 Å². The van der Waals surface area contributed by atoms with E-state index in [0.29, 0.717) is 17.2 Å². The smallest absolute Gasteiger partial charge is 0.316 e. The van der Waals surface area contributed by atoms with E-state index >= 15 is 0 Å². The van der Waals surface area contributed by atoms with E-state index in [1.807, 2.05) is 60.7 Å². The molecule has 0 bridgehead atoms. The third kappa shape index (κ3) is 7.02. The second-order valence-corrected chi connectivity index (χ2v) is 8.33. The zero-order chi connectivity index (χ0) is 23.6. The van der Waals surface area contributed by atoms with Gasteiger partial charge in [0.15, 0.2) is 6.10 Å². The zero-order valence-corrected chi connectivity index (χ0v) is 19.6. The van der Waals surface area contributed by atoms with Crippen molar-refractivity contribution >= 4 is 29.3 Å². The first-order valence-electron chi connectivity index (χ1n) is 10.4. The van der Waals surface area contributed by atoms with Crippen LogP contribution in [-0.2, 0) is 14.3 Å². The number of amides is 1. The first-order chi connectivity index (χ1) is 16.0. The second kappa shape index (κ2) is 12.0. The Morgan fingerprint density at radius 1 is 0.848 bits per heavy atom. The maximum absolute atomic E-state index is 12.6. The molecule has 7 heteroatoms. The fourth-order valence-corrected chi connectivity index (χ4v) is 4.27. The molecule has 1 atom stereocenters. The topological polar surface area (TPSA) is 73.9 Å². The van der Waals surface area contributed by atoms with Gasteiger partial charge in [-0.1, -0.05) is 60.7 Å². The van der Waals surface area contributed by atoms with Gasteiger partial charge in [0.25, 0.3) is 5.91 Å². The van der Waals surface area contributed by atoms with Gasteiger partial charge in [0.05, 0.1) is 25.2 Å². The Kier molecular flexibility index (Phi) is 8.78. The van der Waals surface area contributed by atoms with E-state index in [1.165, 1.54) is 26.0 Å². The monoisotopic (exact) mass is 465 g/mol. The van der Waals surface area contributed by atoms with Crippen molar-refractivity contribution in [2.45, 2.75) is 18.3 Å². The molecule has 1 amide bonds. The van der Waals surface area contributed by atoms with E-state index < -0.39 is 18.0 Å². The number of rotatable bonds is 10. The van der Waals surface area contributed by atoms with E-state index in [-0.39, 0.29) is 11.0 Å². The largest absolute Gasteiger partial charge is 0.497 e. The molecule has 0 fully saturated rings. The van der Waals surface area contributed by atoms with Gasteiger partial charge < -0.3 is 19.5 Å². The molecule has 0 aromatic heterocycles. The van der Waals surface area contributed by atoms with Gasteiger partial charge in [-0.05, 0) is 18.1 Å². The van der Waals surface area contributed by atoms with Crippen LogP contribution < -0.4 is 14.8 Å². The highest BCUT2D eigenvalue weighted by molar-refractivity contribution is 8.00. The van der Waals surface area contributed by atoms with Crippen LogP contribution in [0.25, 0.3) is 0 Å². The maximum atomic E-state index is 12.6. The van der Waals surface area contributed by atoms with Crippen molar-refractivity contribution in [3.63, 3.8) is 0 Å². The summed E-state index contributed by atoms with van der Waals surface area (Å²) in [5.41, 5.74) is 2.68. The number of hydrogen-bond donors (Lipinski definition) is 1. The molecule has 0 unspecified atom stereocenters. The van der Waals surface area contributed by atoms with E-state index in [2.05, 4.69) is 5.32 Å². The summed E-state index contributed by atoms with van der Waals surface area (Å²) in [5.74, 6) is 0.296. The fourth-order valence-electron chi connectivity index (χ4n) is 3.20. The molecule has 0 aliphatic heterocycles. The number of benzene rings is 3. The molecule has 0 radical (unpaired) electrons. The van der Waals surface area contributed by atoms with Crippen LogP contribution in [0.5, 0.6) is 11.5 Å². The molecule has 0 saturated carbocycles. The standard InChI is InChI=1S/C26H27NO5S/c1-18(26(29)27-21-14-22(30-2)16-23(15-21)31-3)32-24(28)17-33-25(19-10-6-4-7-11-19)20-12-8-5-9-13-20/h4-16,18,25H,17H2,1-3H3,(H,27,29)/t18-/m1/s1. The minimum atomic E-state index is -0.956. The second-order valence-electron chi connectivity index (χ2n) is 7.24. The average molecular weight is 466 g/mol. The van der Waals surface area contributed by atoms with Crippen LogP contribution in [0.15, 0.2) is 78.9 Å². The van der Waals surface area contributed by atoms with Gasteiger partial charge in [0, 0.05) is 23.9 Å². The van der Waals surface area contributed by atoms with E-state index in [1.54, 1.807) is 25.1 Å². The molecular weight excluding hydrogens is 438 g/mol. The predicted octanol–water partition coefficient (Wildman–Crippen LogP) is 5.10. The van der Waals surface area contributed by atoms with Gasteiger partial charge in [-0.25, -0.2) is 0 Å². The van der Waals surface area contributed by atoms with Gasteiger partial charge >= 0.3 is 5.97 Å². The van der Waals surface area contributed by atoms with Crippen molar-refractivity contribution in [3.8, 4) is 11.5 Å². The van der Waals surface area contributed by atoms with Crippen LogP contribution in [-0.4, -0.2) is 38.0 Å². The highest BCUT2D eigenvalue weighted by atomic mass is 32.2. The van der Waals surface area contributed by atoms with Crippen molar-refractivity contribution in [2.24, 2.45) is 0 Å². The lowest BCUT2D eigenvalue weighted by Crippen LogP contribution is -2.30. The number of thioether (sulfide) groups is 1. The van der Waals surface area contributed by atoms with Crippen molar-refractivity contribution in [2.75, 3.05) is 25.3 Å². The SMILES string of the molecule is COc1cc(NC(=O)[C@@H](C)OC(=O)CSC(c2ccccc2)c2ccccc2)cc(OC)c1. The van der Waals surface area contributed by atoms with Crippen molar-refractivity contribution in [1.29, 1.82) is 0 Å². The van der Waals surface area contributed by atoms with Gasteiger partial charge in [0.2, 0.25) is 0 Å². The summed E-state index contributed by atoms with van der Waals surface area (Å²) in [7, 11) is 3.06. The molecule has 0 aliphatic rings. The highest BCUT2D eigenvalue weighted by Gasteiger charge is 2.21. The van der Waals surface area contributed by atoms with E-state index in [9.17, 15) is 9.59 Å². The fraction of sp³-hybridized carbons (Fsp3) is 0.231. The van der Waals surface area contributed by atoms with Gasteiger partial charge in [-0.3, -0.25) is 9.59 Å². The Bertz CT molecular complexity index is 997. The van der Waals surface area contributed by atoms with Crippen LogP contribution >= 0.6 is 11.8 Å². The Hall–Kier alpha value is -3.45. The summed E-state index contributed by atoms with van der Waals surface area (Å²) in [6, 6.07) is 25.0. The van der Waals surface area contributed by atoms with Crippen LogP contribution in [0.4, 0.5) is 5.69 Å². The summed E-state index contributed by atoms with van der Waals surface area (Å²) in [6.07, 6.45) is -0.956. The van der Waals surface area contributed by atoms with Crippen molar-refractivity contribution < 1.29 is 23.8 Å². The number of carbonyl (C=O) groups excluding carboxylic acids is 2. The van der Waals surface area contributed by atoms with Crippen LogP contribution in [0, 0.1) is 0 Å². The summed E-state index contributed by atoms with van der Waals surface area (Å²) in [4.78, 5) is 25.1. The van der Waals surface area contributed by atoms with E-state index in [4.69, 9.17) is 14.2 Å². The normalized spacial score (nSPS) is 11.5. The minimum Gasteiger partial charge on any atom is -0.497 e. The lowest BCUT2D eigenvalue weighted by Gasteiger charge is -2.18. The number of methoxy groups -OCH3 is 2. The average Bonchev–Trinajstić information content (AvgIpc) is 2.85. The Morgan fingerprint density at radius 3 is 1.85 bits per heavy atom. The number of nitrogens with one attached hydrogen (secondary N) is 1. The van der Waals surface area contributed by atoms with E-state index in [0.717, 1.165) is 11.1 Å². The van der Waals surface area contributed by atoms with Gasteiger partial charge in [-0.2, -0.15) is 0 Å². The molecule has 3 aromatic rings. The predicted molar refractivity (Wildman–Crippen MR) is 131 cm³/mol. The molecule has 3 aromatic carbocycles. The molecule has 172 valence electrons. The lowest BCUT2D eigenvalue weighted by atomic mass is 10.0. The molecular formula is C26H27NO5S. The first-order valence-corrected chi connectivity index (χ1v) is 11.5. The number of carbonyl (C=O) groups is 2. The molecule has 33 heavy (non-hydrogen) atoms. The quantitative estimate of drug-likeness (QED) is 0.420. The number of hydrogen-bond acceptors (Lipinski definition) is 6. The third-order valence-electron chi connectivity index (χ3n) is 4.87. The van der Waals surface area contributed by atoms with Crippen LogP contribution in [0.3, 0.4) is 0 Å². The van der Waals surface area contributed by atoms with Gasteiger partial charge in [-0.15, -0.1) is 11.8 Å². The molecule has 0 aliphatic carbocycles. The Balaban J connectivity index is 1.59. The molecule has 0 heterocycles. The van der Waals surface area contributed by atoms with Crippen LogP contribution in [0.1, 0.15) is 23.3 Å². The molecule has 0 spiro atoms. The highest BCUT2D eigenvalue weighted by Crippen LogP contribution is 2.35. The van der Waals surface area contributed by atoms with Crippen molar-refractivity contribution in [3.05, 3.63) is 90.0 Å².